The average Bonchev–Trinajstić information content (AvgIpc) is 2.87. The van der Waals surface area contributed by atoms with Gasteiger partial charge in [0.15, 0.2) is 11.7 Å². The molecule has 0 saturated heterocycles. The van der Waals surface area contributed by atoms with Gasteiger partial charge < -0.3 is 9.73 Å². The first-order chi connectivity index (χ1) is 7.79. The maximum atomic E-state index is 5.68. The predicted molar refractivity (Wildman–Crippen MR) is 74.8 cm³/mol. The van der Waals surface area contributed by atoms with Crippen LogP contribution in [0.4, 0.5) is 0 Å². The molecule has 0 amide bonds. The smallest absolute Gasteiger partial charge is 0.196 e. The summed E-state index contributed by atoms with van der Waals surface area (Å²) >= 11 is 4.02. The molecule has 0 bridgehead atoms. The summed E-state index contributed by atoms with van der Waals surface area (Å²) in [5.41, 5.74) is 1.12. The van der Waals surface area contributed by atoms with E-state index in [2.05, 4.69) is 51.3 Å². The molecule has 3 nitrogen and oxygen atoms in total. The van der Waals surface area contributed by atoms with E-state index in [-0.39, 0.29) is 0 Å². The minimum atomic E-state index is 0.803. The second kappa shape index (κ2) is 5.79. The van der Waals surface area contributed by atoms with Crippen LogP contribution in [-0.4, -0.2) is 18.1 Å². The Kier molecular flexibility index (Phi) is 4.37. The number of hydrogen-bond donors (Lipinski definition) is 1. The molecule has 2 rings (SSSR count). The second-order valence-electron chi connectivity index (χ2n) is 3.36. The number of likely N-dealkylation sites (N-methyl/N-ethyl adjacent to an activating group) is 1. The van der Waals surface area contributed by atoms with Crippen LogP contribution in [0.3, 0.4) is 0 Å². The summed E-state index contributed by atoms with van der Waals surface area (Å²) in [7, 11) is 0. The van der Waals surface area contributed by atoms with Crippen LogP contribution in [0.25, 0.3) is 11.3 Å². The number of nitrogens with one attached hydrogen (secondary N) is 1. The standard InChI is InChI=1S/C11H13IN2OS/c1-2-13-4-3-11-14-6-9(15-11)8-5-10(12)16-7-8/h5-7,13H,2-4H2,1H3. The van der Waals surface area contributed by atoms with Gasteiger partial charge in [-0.15, -0.1) is 11.3 Å². The zero-order chi connectivity index (χ0) is 11.4. The topological polar surface area (TPSA) is 38.1 Å². The Morgan fingerprint density at radius 2 is 2.44 bits per heavy atom. The highest BCUT2D eigenvalue weighted by Gasteiger charge is 2.07. The lowest BCUT2D eigenvalue weighted by molar-refractivity contribution is 0.497. The van der Waals surface area contributed by atoms with Gasteiger partial charge in [-0.3, -0.25) is 0 Å². The molecule has 0 aliphatic carbocycles. The van der Waals surface area contributed by atoms with Crippen molar-refractivity contribution in [3.63, 3.8) is 0 Å². The molecule has 0 radical (unpaired) electrons. The molecule has 5 heteroatoms. The quantitative estimate of drug-likeness (QED) is 0.666. The molecule has 0 atom stereocenters. The van der Waals surface area contributed by atoms with E-state index in [1.807, 2.05) is 0 Å². The van der Waals surface area contributed by atoms with E-state index in [1.165, 1.54) is 2.88 Å². The van der Waals surface area contributed by atoms with Gasteiger partial charge in [0.05, 0.1) is 9.08 Å². The van der Waals surface area contributed by atoms with E-state index in [9.17, 15) is 0 Å². The van der Waals surface area contributed by atoms with E-state index < -0.39 is 0 Å². The molecule has 0 spiro atoms. The summed E-state index contributed by atoms with van der Waals surface area (Å²) in [6.45, 7) is 3.99. The Bertz CT molecular complexity index is 452. The van der Waals surface area contributed by atoms with Gasteiger partial charge in [0.1, 0.15) is 0 Å². The number of thiophene rings is 1. The van der Waals surface area contributed by atoms with Crippen LogP contribution in [0.2, 0.25) is 0 Å². The Balaban J connectivity index is 2.02. The SMILES string of the molecule is CCNCCc1ncc(-c2csc(I)c2)o1. The van der Waals surface area contributed by atoms with E-state index >= 15 is 0 Å². The average molecular weight is 348 g/mol. The fourth-order valence-electron chi connectivity index (χ4n) is 1.37. The molecule has 2 aromatic heterocycles. The molecule has 2 aromatic rings. The normalized spacial score (nSPS) is 10.9. The van der Waals surface area contributed by atoms with E-state index in [1.54, 1.807) is 17.5 Å². The van der Waals surface area contributed by atoms with E-state index in [0.717, 1.165) is 36.7 Å². The second-order valence-corrected chi connectivity index (χ2v) is 6.17. The van der Waals surface area contributed by atoms with Crippen LogP contribution < -0.4 is 5.32 Å². The minimum absolute atomic E-state index is 0.803. The van der Waals surface area contributed by atoms with E-state index in [0.29, 0.717) is 0 Å². The van der Waals surface area contributed by atoms with Crippen molar-refractivity contribution in [2.24, 2.45) is 0 Å². The van der Waals surface area contributed by atoms with Gasteiger partial charge >= 0.3 is 0 Å². The number of aromatic nitrogens is 1. The summed E-state index contributed by atoms with van der Waals surface area (Å²) < 4.78 is 6.94. The van der Waals surface area contributed by atoms with Gasteiger partial charge in [0, 0.05) is 23.9 Å². The van der Waals surface area contributed by atoms with Gasteiger partial charge in [-0.05, 0) is 35.2 Å². The van der Waals surface area contributed by atoms with Crippen molar-refractivity contribution >= 4 is 33.9 Å². The summed E-state index contributed by atoms with van der Waals surface area (Å²) in [5, 5.41) is 5.34. The largest absolute Gasteiger partial charge is 0.441 e. The molecule has 2 heterocycles. The molecule has 0 unspecified atom stereocenters. The lowest BCUT2D eigenvalue weighted by Gasteiger charge is -1.96. The first-order valence-corrected chi connectivity index (χ1v) is 7.15. The van der Waals surface area contributed by atoms with Gasteiger partial charge in [-0.2, -0.15) is 0 Å². The third-order valence-corrected chi connectivity index (χ3v) is 3.96. The van der Waals surface area contributed by atoms with Gasteiger partial charge in [-0.1, -0.05) is 6.92 Å². The van der Waals surface area contributed by atoms with Gasteiger partial charge in [-0.25, -0.2) is 4.98 Å². The molecular formula is C11H13IN2OS. The lowest BCUT2D eigenvalue weighted by atomic mass is 10.3. The Labute approximate surface area is 112 Å². The third-order valence-electron chi connectivity index (χ3n) is 2.17. The minimum Gasteiger partial charge on any atom is -0.441 e. The molecule has 86 valence electrons. The molecule has 0 aromatic carbocycles. The number of halogens is 1. The number of rotatable bonds is 5. The van der Waals surface area contributed by atoms with Crippen LogP contribution in [0.1, 0.15) is 12.8 Å². The third kappa shape index (κ3) is 3.05. The summed E-state index contributed by atoms with van der Waals surface area (Å²) in [6.07, 6.45) is 2.65. The van der Waals surface area contributed by atoms with Gasteiger partial charge in [0.2, 0.25) is 0 Å². The number of hydrogen-bond acceptors (Lipinski definition) is 4. The van der Waals surface area contributed by atoms with Crippen molar-refractivity contribution in [2.45, 2.75) is 13.3 Å². The van der Waals surface area contributed by atoms with Crippen molar-refractivity contribution in [3.05, 3.63) is 26.4 Å². The summed E-state index contributed by atoms with van der Waals surface area (Å²) in [6, 6.07) is 2.11. The Morgan fingerprint density at radius 1 is 1.56 bits per heavy atom. The first-order valence-electron chi connectivity index (χ1n) is 5.19. The molecule has 0 aliphatic rings. The van der Waals surface area contributed by atoms with Crippen molar-refractivity contribution < 1.29 is 4.42 Å². The highest BCUT2D eigenvalue weighted by atomic mass is 127. The molecule has 1 N–H and O–H groups in total. The maximum absolute atomic E-state index is 5.68. The number of nitrogens with zero attached hydrogens (tertiary/aromatic N) is 1. The van der Waals surface area contributed by atoms with Crippen LogP contribution in [0, 0.1) is 2.88 Å². The highest BCUT2D eigenvalue weighted by Crippen LogP contribution is 2.27. The van der Waals surface area contributed by atoms with E-state index in [4.69, 9.17) is 4.42 Å². The molecule has 0 aliphatic heterocycles. The lowest BCUT2D eigenvalue weighted by Crippen LogP contribution is -2.16. The van der Waals surface area contributed by atoms with Crippen molar-refractivity contribution in [1.29, 1.82) is 0 Å². The van der Waals surface area contributed by atoms with Crippen LogP contribution in [0.15, 0.2) is 22.1 Å². The van der Waals surface area contributed by atoms with Crippen molar-refractivity contribution in [1.82, 2.24) is 10.3 Å². The molecule has 0 saturated carbocycles. The fraction of sp³-hybridized carbons (Fsp3) is 0.364. The first kappa shape index (κ1) is 12.1. The molecule has 16 heavy (non-hydrogen) atoms. The monoisotopic (exact) mass is 348 g/mol. The van der Waals surface area contributed by atoms with Gasteiger partial charge in [0.25, 0.3) is 0 Å². The Hall–Kier alpha value is -0.400. The van der Waals surface area contributed by atoms with Crippen LogP contribution in [0.5, 0.6) is 0 Å². The summed E-state index contributed by atoms with van der Waals surface area (Å²) in [4.78, 5) is 4.27. The zero-order valence-corrected chi connectivity index (χ0v) is 12.0. The Morgan fingerprint density at radius 3 is 3.12 bits per heavy atom. The number of oxazole rings is 1. The maximum Gasteiger partial charge on any atom is 0.196 e. The zero-order valence-electron chi connectivity index (χ0n) is 9.00. The predicted octanol–water partition coefficient (Wildman–Crippen LogP) is 3.16. The highest BCUT2D eigenvalue weighted by molar-refractivity contribution is 14.1. The van der Waals surface area contributed by atoms with Crippen molar-refractivity contribution in [2.75, 3.05) is 13.1 Å². The van der Waals surface area contributed by atoms with Crippen LogP contribution >= 0.6 is 33.9 Å². The molecular weight excluding hydrogens is 335 g/mol. The fourth-order valence-corrected chi connectivity index (χ4v) is 2.71. The van der Waals surface area contributed by atoms with Crippen LogP contribution in [-0.2, 0) is 6.42 Å². The van der Waals surface area contributed by atoms with Crippen molar-refractivity contribution in [3.8, 4) is 11.3 Å². The molecule has 0 fully saturated rings. The summed E-state index contributed by atoms with van der Waals surface area (Å²) in [5.74, 6) is 1.67.